The van der Waals surface area contributed by atoms with Crippen LogP contribution in [0.3, 0.4) is 0 Å². The van der Waals surface area contributed by atoms with Crippen LogP contribution in [0.2, 0.25) is 0 Å². The number of carbonyl (C=O) groups is 2. The summed E-state index contributed by atoms with van der Waals surface area (Å²) >= 11 is 4.97. The Morgan fingerprint density at radius 2 is 1.44 bits per heavy atom. The van der Waals surface area contributed by atoms with Gasteiger partial charge >= 0.3 is 0 Å². The number of nitrogens with one attached hydrogen (secondary N) is 1. The van der Waals surface area contributed by atoms with Gasteiger partial charge in [-0.25, -0.2) is 9.97 Å². The molecule has 1 N–H and O–H groups in total. The molecule has 0 spiro atoms. The van der Waals surface area contributed by atoms with Crippen molar-refractivity contribution in [3.05, 3.63) is 59.2 Å². The van der Waals surface area contributed by atoms with Crippen molar-refractivity contribution in [2.45, 2.75) is 54.4 Å². The fraction of sp³-hybridized carbons (Fsp3) is 0.529. The first kappa shape index (κ1) is 30.8. The first-order valence-corrected chi connectivity index (χ1v) is 14.9. The highest BCUT2D eigenvalue weighted by molar-refractivity contribution is 6.63. The van der Waals surface area contributed by atoms with E-state index in [1.807, 2.05) is 69.0 Å². The Morgan fingerprint density at radius 3 is 1.88 bits per heavy atom. The van der Waals surface area contributed by atoms with Gasteiger partial charge < -0.3 is 10.2 Å². The van der Waals surface area contributed by atoms with E-state index in [2.05, 4.69) is 39.0 Å². The molecule has 216 valence electrons. The number of hydrogen-bond donors (Lipinski definition) is 1. The van der Waals surface area contributed by atoms with E-state index >= 15 is 0 Å². The Balaban J connectivity index is 0.000000162. The number of pyridine rings is 2. The van der Waals surface area contributed by atoms with E-state index < -0.39 is 0 Å². The zero-order valence-electron chi connectivity index (χ0n) is 25.1. The predicted octanol–water partition coefficient (Wildman–Crippen LogP) is 5.00. The number of likely N-dealkylation sites (tertiary alicyclic amines) is 1. The van der Waals surface area contributed by atoms with Gasteiger partial charge in [-0.3, -0.25) is 9.59 Å². The van der Waals surface area contributed by atoms with Gasteiger partial charge in [0, 0.05) is 48.3 Å². The van der Waals surface area contributed by atoms with Crippen LogP contribution in [0, 0.1) is 72.0 Å². The van der Waals surface area contributed by atoms with E-state index in [0.717, 1.165) is 61.3 Å². The molecule has 2 saturated heterocycles. The van der Waals surface area contributed by atoms with Crippen LogP contribution < -0.4 is 5.32 Å². The molecule has 4 unspecified atom stereocenters. The molecule has 4 fully saturated rings. The Morgan fingerprint density at radius 1 is 0.902 bits per heavy atom. The lowest BCUT2D eigenvalue weighted by molar-refractivity contribution is -0.134. The van der Waals surface area contributed by atoms with Gasteiger partial charge in [-0.05, 0) is 92.8 Å². The number of carbonyl (C=O) groups excluding carboxylic acids is 2. The van der Waals surface area contributed by atoms with E-state index in [4.69, 9.17) is 11.6 Å². The zero-order chi connectivity index (χ0) is 29.8. The van der Waals surface area contributed by atoms with Crippen molar-refractivity contribution in [2.24, 2.45) is 34.5 Å². The predicted molar refractivity (Wildman–Crippen MR) is 163 cm³/mol. The van der Waals surface area contributed by atoms with Crippen LogP contribution >= 0.6 is 11.6 Å². The third kappa shape index (κ3) is 7.97. The number of amides is 1. The second-order valence-corrected chi connectivity index (χ2v) is 12.8. The van der Waals surface area contributed by atoms with Crippen LogP contribution in [0.25, 0.3) is 0 Å². The lowest BCUT2D eigenvalue weighted by Crippen LogP contribution is -2.34. The molecule has 4 atom stereocenters. The van der Waals surface area contributed by atoms with Crippen molar-refractivity contribution >= 4 is 22.8 Å². The van der Waals surface area contributed by atoms with Crippen LogP contribution in [0.1, 0.15) is 63.3 Å². The monoisotopic (exact) mass is 572 g/mol. The van der Waals surface area contributed by atoms with Gasteiger partial charge in [0.05, 0.1) is 5.41 Å². The number of nitrogens with zero attached hydrogens (tertiary/aromatic N) is 3. The smallest absolute Gasteiger partial charge is 0.225 e. The zero-order valence-corrected chi connectivity index (χ0v) is 25.8. The van der Waals surface area contributed by atoms with E-state index in [1.54, 1.807) is 13.8 Å². The van der Waals surface area contributed by atoms with Gasteiger partial charge in [-0.2, -0.15) is 0 Å². The molecule has 7 heteroatoms. The average molecular weight is 573 g/mol. The quantitative estimate of drug-likeness (QED) is 0.405. The summed E-state index contributed by atoms with van der Waals surface area (Å²) in [6, 6.07) is 11.9. The molecular formula is C34H41ClN4O2. The third-order valence-electron chi connectivity index (χ3n) is 8.12. The standard InChI is InChI=1S/C17H20N2O.C13H14N2.C4H7ClO/c1-12(2)16(20)19-10-14-9-17(14,11-19)8-7-15-6-4-5-13(3)18-15;1-10-3-2-4-12(15-10)5-6-13-7-11(13)8-14-9-13;1-3(2)4(5)6/h4-6,12,14H,9-11H2,1-3H3;2-4,11,14H,7-9H2,1H3;3H,1-2H3. The molecule has 6 nitrogen and oxygen atoms in total. The summed E-state index contributed by atoms with van der Waals surface area (Å²) in [5.41, 5.74) is 4.11. The summed E-state index contributed by atoms with van der Waals surface area (Å²) in [5, 5.41) is 3.12. The summed E-state index contributed by atoms with van der Waals surface area (Å²) in [5.74, 6) is 14.9. The maximum absolute atomic E-state index is 12.0. The summed E-state index contributed by atoms with van der Waals surface area (Å²) in [6.07, 6.45) is 2.41. The van der Waals surface area contributed by atoms with Gasteiger partial charge in [-0.1, -0.05) is 51.7 Å². The lowest BCUT2D eigenvalue weighted by atomic mass is 10.1. The Bertz CT molecular complexity index is 1410. The number of fused-ring (bicyclic) bond motifs is 2. The number of rotatable bonds is 2. The minimum absolute atomic E-state index is 0.0216. The second-order valence-electron chi connectivity index (χ2n) is 12.4. The van der Waals surface area contributed by atoms with Crippen molar-refractivity contribution in [3.63, 3.8) is 0 Å². The fourth-order valence-electron chi connectivity index (χ4n) is 5.34. The first-order valence-electron chi connectivity index (χ1n) is 14.6. The van der Waals surface area contributed by atoms with Gasteiger partial charge in [-0.15, -0.1) is 0 Å². The highest BCUT2D eigenvalue weighted by Crippen LogP contribution is 2.57. The molecule has 2 aromatic rings. The van der Waals surface area contributed by atoms with E-state index in [9.17, 15) is 9.59 Å². The van der Waals surface area contributed by atoms with Crippen LogP contribution in [-0.4, -0.2) is 52.2 Å². The van der Waals surface area contributed by atoms with Crippen LogP contribution in [0.5, 0.6) is 0 Å². The molecule has 0 aromatic carbocycles. The summed E-state index contributed by atoms with van der Waals surface area (Å²) in [6.45, 7) is 15.3. The van der Waals surface area contributed by atoms with Gasteiger partial charge in [0.25, 0.3) is 0 Å². The largest absolute Gasteiger partial charge is 0.341 e. The highest BCUT2D eigenvalue weighted by atomic mass is 35.5. The maximum atomic E-state index is 12.0. The van der Waals surface area contributed by atoms with Gasteiger partial charge in [0.15, 0.2) is 0 Å². The average Bonchev–Trinajstić information content (AvgIpc) is 3.71. The van der Waals surface area contributed by atoms with Crippen molar-refractivity contribution in [1.29, 1.82) is 0 Å². The van der Waals surface area contributed by atoms with E-state index in [1.165, 1.54) is 6.42 Å². The molecule has 4 heterocycles. The Hall–Kier alpha value is -3.19. The Labute approximate surface area is 250 Å². The minimum Gasteiger partial charge on any atom is -0.341 e. The van der Waals surface area contributed by atoms with Gasteiger partial charge in [0.2, 0.25) is 11.1 Å². The lowest BCUT2D eigenvalue weighted by Gasteiger charge is -2.21. The molecule has 6 rings (SSSR count). The number of hydrogen-bond acceptors (Lipinski definition) is 5. The van der Waals surface area contributed by atoms with Crippen molar-refractivity contribution < 1.29 is 9.59 Å². The van der Waals surface area contributed by atoms with E-state index in [-0.39, 0.29) is 28.4 Å². The Kier molecular flexibility index (Phi) is 9.58. The van der Waals surface area contributed by atoms with E-state index in [0.29, 0.717) is 11.3 Å². The second kappa shape index (κ2) is 12.8. The van der Waals surface area contributed by atoms with Crippen LogP contribution in [0.4, 0.5) is 0 Å². The number of aromatic nitrogens is 2. The molecule has 41 heavy (non-hydrogen) atoms. The van der Waals surface area contributed by atoms with Crippen molar-refractivity contribution in [1.82, 2.24) is 20.2 Å². The molecule has 2 aromatic heterocycles. The normalized spacial score (nSPS) is 26.1. The van der Waals surface area contributed by atoms with Crippen LogP contribution in [0.15, 0.2) is 36.4 Å². The molecule has 2 aliphatic heterocycles. The molecule has 1 amide bonds. The van der Waals surface area contributed by atoms with Crippen molar-refractivity contribution in [2.75, 3.05) is 26.2 Å². The number of piperidine rings is 2. The first-order chi connectivity index (χ1) is 19.4. The molecule has 4 aliphatic rings. The summed E-state index contributed by atoms with van der Waals surface area (Å²) in [7, 11) is 0. The molecular weight excluding hydrogens is 532 g/mol. The highest BCUT2D eigenvalue weighted by Gasteiger charge is 2.60. The molecule has 2 saturated carbocycles. The molecule has 0 bridgehead atoms. The molecule has 2 aliphatic carbocycles. The van der Waals surface area contributed by atoms with Gasteiger partial charge in [0.1, 0.15) is 11.4 Å². The fourth-order valence-corrected chi connectivity index (χ4v) is 5.34. The number of aryl methyl sites for hydroxylation is 2. The third-order valence-corrected chi connectivity index (χ3v) is 8.56. The maximum Gasteiger partial charge on any atom is 0.225 e. The van der Waals surface area contributed by atoms with Crippen molar-refractivity contribution in [3.8, 4) is 23.7 Å². The topological polar surface area (TPSA) is 75.2 Å². The summed E-state index contributed by atoms with van der Waals surface area (Å²) in [4.78, 5) is 32.7. The minimum atomic E-state index is -0.269. The molecule has 0 radical (unpaired) electrons. The van der Waals surface area contributed by atoms with Crippen LogP contribution in [-0.2, 0) is 9.59 Å². The summed E-state index contributed by atoms with van der Waals surface area (Å²) < 4.78 is 0. The number of halogens is 1. The SMILES string of the molecule is CC(C)C(=O)Cl.Cc1cccc(C#CC23CC2CN(C(=O)C(C)C)C3)n1.Cc1cccc(C#CC23CNCC2C3)n1.